The smallest absolute Gasteiger partial charge is 0.336 e. The van der Waals surface area contributed by atoms with Gasteiger partial charge in [-0.2, -0.15) is 0 Å². The van der Waals surface area contributed by atoms with Crippen LogP contribution in [-0.2, 0) is 4.74 Å². The molecule has 5 nitrogen and oxygen atoms in total. The van der Waals surface area contributed by atoms with Gasteiger partial charge in [-0.1, -0.05) is 0 Å². The summed E-state index contributed by atoms with van der Waals surface area (Å²) in [4.78, 5) is 11.2. The number of hydrogen-bond donors (Lipinski definition) is 0. The van der Waals surface area contributed by atoms with Gasteiger partial charge in [0.1, 0.15) is 5.75 Å². The van der Waals surface area contributed by atoms with Crippen molar-refractivity contribution in [2.75, 3.05) is 21.0 Å². The molecule has 90 valence electrons. The molecule has 0 aliphatic rings. The Labute approximate surface area is 97.5 Å². The van der Waals surface area contributed by atoms with Crippen molar-refractivity contribution in [2.24, 2.45) is 0 Å². The fourth-order valence-corrected chi connectivity index (χ4v) is 1.52. The second-order valence-corrected chi connectivity index (χ2v) is 3.31. The first-order valence-corrected chi connectivity index (χ1v) is 4.99. The third kappa shape index (κ3) is 2.24. The number of rotatable bonds is 4. The number of methoxy groups -OCH3 is 2. The summed E-state index contributed by atoms with van der Waals surface area (Å²) < 4.78 is 20.4. The molecule has 5 heteroatoms. The van der Waals surface area contributed by atoms with Gasteiger partial charge in [-0.25, -0.2) is 4.79 Å². The maximum atomic E-state index is 11.2. The summed E-state index contributed by atoms with van der Waals surface area (Å²) in [5.74, 6) is 1.06. The van der Waals surface area contributed by atoms with E-state index in [4.69, 9.17) is 18.6 Å². The molecule has 0 saturated carbocycles. The van der Waals surface area contributed by atoms with Gasteiger partial charge < -0.3 is 18.6 Å². The fourth-order valence-electron chi connectivity index (χ4n) is 1.52. The summed E-state index contributed by atoms with van der Waals surface area (Å²) in [6.45, 7) is 0.126. The summed E-state index contributed by atoms with van der Waals surface area (Å²) in [6, 6.07) is 6.38. The first-order chi connectivity index (χ1) is 8.26. The normalized spacial score (nSPS) is 10.5. The quantitative estimate of drug-likeness (QED) is 0.598. The van der Waals surface area contributed by atoms with Crippen LogP contribution in [0, 0.1) is 0 Å². The van der Waals surface area contributed by atoms with Crippen molar-refractivity contribution in [2.45, 2.75) is 0 Å². The van der Waals surface area contributed by atoms with E-state index < -0.39 is 5.63 Å². The summed E-state index contributed by atoms with van der Waals surface area (Å²) in [5, 5.41) is 0.668. The molecule has 0 N–H and O–H groups in total. The van der Waals surface area contributed by atoms with Crippen molar-refractivity contribution in [3.63, 3.8) is 0 Å². The van der Waals surface area contributed by atoms with Crippen molar-refractivity contribution in [1.82, 2.24) is 0 Å². The monoisotopic (exact) mass is 236 g/mol. The number of benzene rings is 1. The minimum absolute atomic E-state index is 0.126. The molecule has 17 heavy (non-hydrogen) atoms. The molecule has 2 aromatic rings. The summed E-state index contributed by atoms with van der Waals surface area (Å²) >= 11 is 0. The topological polar surface area (TPSA) is 57.9 Å². The second-order valence-electron chi connectivity index (χ2n) is 3.31. The van der Waals surface area contributed by atoms with Gasteiger partial charge in [0.05, 0.1) is 12.5 Å². The Morgan fingerprint density at radius 2 is 1.88 bits per heavy atom. The maximum absolute atomic E-state index is 11.2. The van der Waals surface area contributed by atoms with Crippen molar-refractivity contribution in [3.05, 3.63) is 34.7 Å². The van der Waals surface area contributed by atoms with Crippen LogP contribution in [0.5, 0.6) is 11.5 Å². The molecule has 0 bridgehead atoms. The van der Waals surface area contributed by atoms with Crippen LogP contribution in [0.1, 0.15) is 0 Å². The van der Waals surface area contributed by atoms with Crippen LogP contribution < -0.4 is 15.1 Å². The average molecular weight is 236 g/mol. The van der Waals surface area contributed by atoms with Crippen molar-refractivity contribution in [3.8, 4) is 11.5 Å². The van der Waals surface area contributed by atoms with Gasteiger partial charge >= 0.3 is 5.63 Å². The zero-order valence-electron chi connectivity index (χ0n) is 9.56. The van der Waals surface area contributed by atoms with Gasteiger partial charge in [0.15, 0.2) is 18.1 Å². The SMILES string of the molecule is COCOc1ccc(OC)c2oc(=O)ccc12. The van der Waals surface area contributed by atoms with E-state index in [0.29, 0.717) is 22.5 Å². The summed E-state index contributed by atoms with van der Waals surface area (Å²) in [7, 11) is 3.04. The van der Waals surface area contributed by atoms with Crippen molar-refractivity contribution < 1.29 is 18.6 Å². The van der Waals surface area contributed by atoms with Crippen LogP contribution in [0.2, 0.25) is 0 Å². The second kappa shape index (κ2) is 4.88. The van der Waals surface area contributed by atoms with Crippen LogP contribution in [0.3, 0.4) is 0 Å². The van der Waals surface area contributed by atoms with E-state index in [-0.39, 0.29) is 6.79 Å². The van der Waals surface area contributed by atoms with Gasteiger partial charge in [-0.15, -0.1) is 0 Å². The molecule has 0 unspecified atom stereocenters. The van der Waals surface area contributed by atoms with Crippen molar-refractivity contribution in [1.29, 1.82) is 0 Å². The Morgan fingerprint density at radius 1 is 1.12 bits per heavy atom. The van der Waals surface area contributed by atoms with Crippen molar-refractivity contribution >= 4 is 11.0 Å². The molecule has 0 aliphatic carbocycles. The third-order valence-electron chi connectivity index (χ3n) is 2.26. The van der Waals surface area contributed by atoms with Crippen LogP contribution in [0.15, 0.2) is 33.5 Å². The summed E-state index contributed by atoms with van der Waals surface area (Å²) in [5.41, 5.74) is -0.0618. The molecule has 0 saturated heterocycles. The van der Waals surface area contributed by atoms with Crippen LogP contribution in [0.4, 0.5) is 0 Å². The predicted molar refractivity (Wildman–Crippen MR) is 61.5 cm³/mol. The standard InChI is InChI=1S/C12H12O5/c1-14-7-16-9-4-5-10(15-2)12-8(9)3-6-11(13)17-12/h3-6H,7H2,1-2H3. The highest BCUT2D eigenvalue weighted by atomic mass is 16.7. The first kappa shape index (κ1) is 11.5. The van der Waals surface area contributed by atoms with E-state index >= 15 is 0 Å². The Balaban J connectivity index is 2.60. The highest BCUT2D eigenvalue weighted by Crippen LogP contribution is 2.31. The number of fused-ring (bicyclic) bond motifs is 1. The highest BCUT2D eigenvalue weighted by Gasteiger charge is 2.10. The third-order valence-corrected chi connectivity index (χ3v) is 2.26. The number of ether oxygens (including phenoxy) is 3. The van der Waals surface area contributed by atoms with E-state index in [9.17, 15) is 4.79 Å². The first-order valence-electron chi connectivity index (χ1n) is 4.99. The van der Waals surface area contributed by atoms with Crippen LogP contribution in [-0.4, -0.2) is 21.0 Å². The predicted octanol–water partition coefficient (Wildman–Crippen LogP) is 1.78. The molecule has 2 rings (SSSR count). The Bertz CT molecular complexity index is 573. The minimum atomic E-state index is -0.431. The molecule has 0 spiro atoms. The molecule has 1 aromatic heterocycles. The van der Waals surface area contributed by atoms with E-state index in [1.54, 1.807) is 18.2 Å². The van der Waals surface area contributed by atoms with E-state index in [0.717, 1.165) is 0 Å². The Hall–Kier alpha value is -2.01. The maximum Gasteiger partial charge on any atom is 0.336 e. The fraction of sp³-hybridized carbons (Fsp3) is 0.250. The van der Waals surface area contributed by atoms with E-state index in [2.05, 4.69) is 0 Å². The average Bonchev–Trinajstić information content (AvgIpc) is 2.35. The lowest BCUT2D eigenvalue weighted by Crippen LogP contribution is -2.01. The van der Waals surface area contributed by atoms with Gasteiger partial charge in [-0.05, 0) is 18.2 Å². The van der Waals surface area contributed by atoms with Gasteiger partial charge in [-0.3, -0.25) is 0 Å². The molecule has 0 fully saturated rings. The molecule has 0 radical (unpaired) electrons. The molecular weight excluding hydrogens is 224 g/mol. The van der Waals surface area contributed by atoms with Gasteiger partial charge in [0, 0.05) is 13.2 Å². The lowest BCUT2D eigenvalue weighted by Gasteiger charge is -2.09. The zero-order chi connectivity index (χ0) is 12.3. The molecule has 0 aliphatic heterocycles. The molecule has 1 heterocycles. The molecular formula is C12H12O5. The van der Waals surface area contributed by atoms with Crippen LogP contribution in [0.25, 0.3) is 11.0 Å². The lowest BCUT2D eigenvalue weighted by molar-refractivity contribution is 0.0521. The molecule has 0 amide bonds. The summed E-state index contributed by atoms with van der Waals surface area (Å²) in [6.07, 6.45) is 0. The minimum Gasteiger partial charge on any atom is -0.493 e. The molecule has 0 atom stereocenters. The molecule has 1 aromatic carbocycles. The van der Waals surface area contributed by atoms with E-state index in [1.165, 1.54) is 20.3 Å². The van der Waals surface area contributed by atoms with Gasteiger partial charge in [0.25, 0.3) is 0 Å². The largest absolute Gasteiger partial charge is 0.493 e. The van der Waals surface area contributed by atoms with Gasteiger partial charge in [0.2, 0.25) is 0 Å². The Morgan fingerprint density at radius 3 is 2.59 bits per heavy atom. The lowest BCUT2D eigenvalue weighted by atomic mass is 10.2. The van der Waals surface area contributed by atoms with Crippen LogP contribution >= 0.6 is 0 Å². The number of hydrogen-bond acceptors (Lipinski definition) is 5. The Kier molecular flexibility index (Phi) is 3.30. The highest BCUT2D eigenvalue weighted by molar-refractivity contribution is 5.88. The zero-order valence-corrected chi connectivity index (χ0v) is 9.56. The van der Waals surface area contributed by atoms with E-state index in [1.807, 2.05) is 0 Å².